The first-order valence-electron chi connectivity index (χ1n) is 7.72. The Kier molecular flexibility index (Phi) is 4.03. The topological polar surface area (TPSA) is 15.7 Å². The van der Waals surface area contributed by atoms with Crippen LogP contribution < -0.4 is 0 Å². The van der Waals surface area contributed by atoms with Crippen molar-refractivity contribution >= 4 is 0 Å². The SMILES string of the molecule is CC(N1C[C@@H]2C[C@H]1CN2COC(C)(C)C)C(C)(C)C. The highest BCUT2D eigenvalue weighted by atomic mass is 16.5. The summed E-state index contributed by atoms with van der Waals surface area (Å²) < 4.78 is 5.94. The van der Waals surface area contributed by atoms with Crippen molar-refractivity contribution in [2.45, 2.75) is 78.6 Å². The lowest BCUT2D eigenvalue weighted by atomic mass is 9.86. The van der Waals surface area contributed by atoms with E-state index in [1.807, 2.05) is 0 Å². The second-order valence-electron chi connectivity index (χ2n) is 8.44. The maximum atomic E-state index is 5.94. The standard InChI is InChI=1S/C16H32N2O/c1-12(15(2,3)4)18-10-13-8-14(18)9-17(13)11-19-16(5,6)7/h12-14H,8-11H2,1-7H3/t12?,13-,14-/m0/s1. The molecule has 3 atom stereocenters. The maximum absolute atomic E-state index is 5.94. The van der Waals surface area contributed by atoms with Crippen LogP contribution in [0.1, 0.15) is 54.9 Å². The van der Waals surface area contributed by atoms with Crippen molar-refractivity contribution < 1.29 is 4.74 Å². The molecule has 3 nitrogen and oxygen atoms in total. The molecule has 2 saturated heterocycles. The molecule has 1 unspecified atom stereocenters. The van der Waals surface area contributed by atoms with Crippen LogP contribution in [0.5, 0.6) is 0 Å². The molecular formula is C16H32N2O. The Bertz CT molecular complexity index is 316. The van der Waals surface area contributed by atoms with E-state index >= 15 is 0 Å². The quantitative estimate of drug-likeness (QED) is 0.782. The van der Waals surface area contributed by atoms with Gasteiger partial charge in [-0.3, -0.25) is 9.80 Å². The van der Waals surface area contributed by atoms with Crippen molar-refractivity contribution in [2.75, 3.05) is 19.8 Å². The molecule has 3 heteroatoms. The Morgan fingerprint density at radius 2 is 1.68 bits per heavy atom. The lowest BCUT2D eigenvalue weighted by Crippen LogP contribution is -2.53. The molecule has 0 radical (unpaired) electrons. The normalized spacial score (nSPS) is 31.1. The van der Waals surface area contributed by atoms with Crippen LogP contribution in [0.2, 0.25) is 0 Å². The van der Waals surface area contributed by atoms with Crippen LogP contribution in [0.25, 0.3) is 0 Å². The number of piperazine rings is 1. The lowest BCUT2D eigenvalue weighted by Gasteiger charge is -2.43. The fourth-order valence-corrected chi connectivity index (χ4v) is 3.19. The molecule has 0 aromatic carbocycles. The van der Waals surface area contributed by atoms with Gasteiger partial charge in [0.25, 0.3) is 0 Å². The molecule has 0 N–H and O–H groups in total. The van der Waals surface area contributed by atoms with Crippen LogP contribution in [0.15, 0.2) is 0 Å². The number of nitrogens with zero attached hydrogens (tertiary/aromatic N) is 2. The summed E-state index contributed by atoms with van der Waals surface area (Å²) in [5, 5.41) is 0. The molecule has 2 fully saturated rings. The fraction of sp³-hybridized carbons (Fsp3) is 1.00. The summed E-state index contributed by atoms with van der Waals surface area (Å²) >= 11 is 0. The summed E-state index contributed by atoms with van der Waals surface area (Å²) in [6.07, 6.45) is 1.33. The van der Waals surface area contributed by atoms with Crippen molar-refractivity contribution in [2.24, 2.45) is 5.41 Å². The molecule has 2 aliphatic heterocycles. The second kappa shape index (κ2) is 5.01. The first kappa shape index (κ1) is 15.3. The summed E-state index contributed by atoms with van der Waals surface area (Å²) in [4.78, 5) is 5.25. The third-order valence-corrected chi connectivity index (χ3v) is 4.81. The Hall–Kier alpha value is -0.120. The third-order valence-electron chi connectivity index (χ3n) is 4.81. The molecule has 2 aliphatic rings. The molecule has 2 rings (SSSR count). The van der Waals surface area contributed by atoms with Crippen molar-refractivity contribution in [3.8, 4) is 0 Å². The minimum Gasteiger partial charge on any atom is -0.360 e. The average molecular weight is 268 g/mol. The average Bonchev–Trinajstić information content (AvgIpc) is 2.81. The third kappa shape index (κ3) is 3.50. The first-order valence-corrected chi connectivity index (χ1v) is 7.72. The van der Waals surface area contributed by atoms with Crippen LogP contribution in [-0.4, -0.2) is 53.3 Å². The minimum atomic E-state index is -0.0276. The number of likely N-dealkylation sites (tertiary alicyclic amines) is 2. The number of rotatable bonds is 3. The van der Waals surface area contributed by atoms with Gasteiger partial charge in [-0.25, -0.2) is 0 Å². The van der Waals surface area contributed by atoms with Gasteiger partial charge in [-0.2, -0.15) is 0 Å². The van der Waals surface area contributed by atoms with E-state index in [1.165, 1.54) is 19.5 Å². The number of hydrogen-bond donors (Lipinski definition) is 0. The predicted molar refractivity (Wildman–Crippen MR) is 80.2 cm³/mol. The maximum Gasteiger partial charge on any atom is 0.100 e. The van der Waals surface area contributed by atoms with E-state index in [4.69, 9.17) is 4.74 Å². The molecule has 2 heterocycles. The van der Waals surface area contributed by atoms with Crippen LogP contribution in [0, 0.1) is 5.41 Å². The Balaban J connectivity index is 1.87. The minimum absolute atomic E-state index is 0.0276. The van der Waals surface area contributed by atoms with Crippen LogP contribution in [0.3, 0.4) is 0 Å². The predicted octanol–water partition coefficient (Wildman–Crippen LogP) is 2.95. The number of ether oxygens (including phenoxy) is 1. The van der Waals surface area contributed by atoms with Gasteiger partial charge in [0.1, 0.15) is 6.73 Å². The molecule has 2 bridgehead atoms. The van der Waals surface area contributed by atoms with Gasteiger partial charge in [-0.15, -0.1) is 0 Å². The van der Waals surface area contributed by atoms with Gasteiger partial charge >= 0.3 is 0 Å². The molecule has 0 aliphatic carbocycles. The smallest absolute Gasteiger partial charge is 0.100 e. The summed E-state index contributed by atoms with van der Waals surface area (Å²) in [6, 6.07) is 2.10. The Labute approximate surface area is 119 Å². The fourth-order valence-electron chi connectivity index (χ4n) is 3.19. The van der Waals surface area contributed by atoms with E-state index in [2.05, 4.69) is 58.3 Å². The van der Waals surface area contributed by atoms with Gasteiger partial charge in [-0.05, 0) is 39.5 Å². The van der Waals surface area contributed by atoms with Gasteiger partial charge in [0.2, 0.25) is 0 Å². The van der Waals surface area contributed by atoms with E-state index in [0.29, 0.717) is 17.5 Å². The number of hydrogen-bond acceptors (Lipinski definition) is 3. The van der Waals surface area contributed by atoms with E-state index < -0.39 is 0 Å². The molecule has 19 heavy (non-hydrogen) atoms. The highest BCUT2D eigenvalue weighted by molar-refractivity contribution is 5.02. The molecule has 0 aromatic heterocycles. The molecule has 0 amide bonds. The zero-order valence-corrected chi connectivity index (χ0v) is 13.9. The van der Waals surface area contributed by atoms with Gasteiger partial charge in [-0.1, -0.05) is 20.8 Å². The summed E-state index contributed by atoms with van der Waals surface area (Å²) in [6.45, 7) is 19.0. The molecule has 0 aromatic rings. The molecule has 0 spiro atoms. The molecule has 112 valence electrons. The van der Waals surface area contributed by atoms with Crippen LogP contribution in [0.4, 0.5) is 0 Å². The van der Waals surface area contributed by atoms with Crippen LogP contribution in [-0.2, 0) is 4.74 Å². The van der Waals surface area contributed by atoms with E-state index in [9.17, 15) is 0 Å². The monoisotopic (exact) mass is 268 g/mol. The zero-order chi connectivity index (χ0) is 14.4. The summed E-state index contributed by atoms with van der Waals surface area (Å²) in [5.74, 6) is 0. The molecular weight excluding hydrogens is 236 g/mol. The highest BCUT2D eigenvalue weighted by Gasteiger charge is 2.46. The second-order valence-corrected chi connectivity index (χ2v) is 8.44. The molecule has 0 saturated carbocycles. The Morgan fingerprint density at radius 1 is 1.05 bits per heavy atom. The van der Waals surface area contributed by atoms with E-state index in [-0.39, 0.29) is 5.60 Å². The largest absolute Gasteiger partial charge is 0.360 e. The lowest BCUT2D eigenvalue weighted by molar-refractivity contribution is -0.0812. The highest BCUT2D eigenvalue weighted by Crippen LogP contribution is 2.36. The summed E-state index contributed by atoms with van der Waals surface area (Å²) in [5.41, 5.74) is 0.345. The van der Waals surface area contributed by atoms with Crippen molar-refractivity contribution in [3.63, 3.8) is 0 Å². The van der Waals surface area contributed by atoms with Gasteiger partial charge in [0.05, 0.1) is 5.60 Å². The van der Waals surface area contributed by atoms with Gasteiger partial charge in [0, 0.05) is 31.2 Å². The Morgan fingerprint density at radius 3 is 2.11 bits per heavy atom. The first-order chi connectivity index (χ1) is 8.58. The van der Waals surface area contributed by atoms with E-state index in [0.717, 1.165) is 12.8 Å². The van der Waals surface area contributed by atoms with Crippen molar-refractivity contribution in [1.29, 1.82) is 0 Å². The van der Waals surface area contributed by atoms with E-state index in [1.54, 1.807) is 0 Å². The number of fused-ring (bicyclic) bond motifs is 2. The van der Waals surface area contributed by atoms with Crippen molar-refractivity contribution in [3.05, 3.63) is 0 Å². The zero-order valence-electron chi connectivity index (χ0n) is 13.9. The summed E-state index contributed by atoms with van der Waals surface area (Å²) in [7, 11) is 0. The van der Waals surface area contributed by atoms with Gasteiger partial charge < -0.3 is 4.74 Å². The van der Waals surface area contributed by atoms with Crippen LogP contribution >= 0.6 is 0 Å². The van der Waals surface area contributed by atoms with Crippen molar-refractivity contribution in [1.82, 2.24) is 9.80 Å². The van der Waals surface area contributed by atoms with Gasteiger partial charge in [0.15, 0.2) is 0 Å².